The molecule has 0 saturated carbocycles. The van der Waals surface area contributed by atoms with E-state index in [1.165, 1.54) is 5.56 Å². The van der Waals surface area contributed by atoms with Crippen molar-refractivity contribution in [2.45, 2.75) is 19.8 Å². The van der Waals surface area contributed by atoms with Crippen molar-refractivity contribution in [3.8, 4) is 0 Å². The summed E-state index contributed by atoms with van der Waals surface area (Å²) in [5.41, 5.74) is 2.42. The van der Waals surface area contributed by atoms with Gasteiger partial charge < -0.3 is 9.67 Å². The molecule has 1 heterocycles. The number of fused-ring (bicyclic) bond motifs is 1. The largest absolute Gasteiger partial charge is 0.478 e. The third kappa shape index (κ3) is 1.58. The average Bonchev–Trinajstić information content (AvgIpc) is 2.57. The summed E-state index contributed by atoms with van der Waals surface area (Å²) in [6, 6.07) is 5.46. The van der Waals surface area contributed by atoms with E-state index in [0.29, 0.717) is 5.56 Å². The first-order chi connectivity index (χ1) is 7.65. The summed E-state index contributed by atoms with van der Waals surface area (Å²) in [7, 11) is 1.90. The van der Waals surface area contributed by atoms with Gasteiger partial charge in [-0.15, -0.1) is 0 Å². The molecule has 16 heavy (non-hydrogen) atoms. The van der Waals surface area contributed by atoms with Crippen LogP contribution in [0, 0.1) is 0 Å². The average molecular weight is 217 g/mol. The summed E-state index contributed by atoms with van der Waals surface area (Å²) < 4.78 is 1.91. The highest BCUT2D eigenvalue weighted by Crippen LogP contribution is 2.25. The first-order valence-corrected chi connectivity index (χ1v) is 5.45. The molecule has 0 fully saturated rings. The summed E-state index contributed by atoms with van der Waals surface area (Å²) in [5, 5.41) is 10.2. The van der Waals surface area contributed by atoms with Crippen LogP contribution >= 0.6 is 0 Å². The Kier molecular flexibility index (Phi) is 2.69. The molecule has 0 aliphatic rings. The Morgan fingerprint density at radius 2 is 2.19 bits per heavy atom. The summed E-state index contributed by atoms with van der Waals surface area (Å²) in [4.78, 5) is 11.1. The topological polar surface area (TPSA) is 42.2 Å². The number of carboxylic acids is 1. The van der Waals surface area contributed by atoms with E-state index in [2.05, 4.69) is 6.92 Å². The van der Waals surface area contributed by atoms with E-state index in [4.69, 9.17) is 5.11 Å². The Morgan fingerprint density at radius 3 is 2.81 bits per heavy atom. The second kappa shape index (κ2) is 4.00. The first kappa shape index (κ1) is 10.7. The second-order valence-electron chi connectivity index (χ2n) is 4.02. The molecule has 0 amide bonds. The molecule has 84 valence electrons. The van der Waals surface area contributed by atoms with Gasteiger partial charge in [-0.1, -0.05) is 25.5 Å². The molecule has 0 bridgehead atoms. The minimum Gasteiger partial charge on any atom is -0.478 e. The molecule has 2 rings (SSSR count). The van der Waals surface area contributed by atoms with E-state index in [0.717, 1.165) is 23.7 Å². The number of benzene rings is 1. The number of aromatic carboxylic acids is 1. The van der Waals surface area contributed by atoms with Crippen molar-refractivity contribution in [3.05, 3.63) is 35.5 Å². The molecule has 0 spiro atoms. The number of carbonyl (C=O) groups is 1. The van der Waals surface area contributed by atoms with E-state index >= 15 is 0 Å². The number of aryl methyl sites for hydroxylation is 2. The predicted octanol–water partition coefficient (Wildman–Crippen LogP) is 2.83. The van der Waals surface area contributed by atoms with Gasteiger partial charge in [0, 0.05) is 18.6 Å². The van der Waals surface area contributed by atoms with Gasteiger partial charge in [-0.05, 0) is 18.1 Å². The Balaban J connectivity index is 2.74. The molecule has 3 heteroatoms. The maximum atomic E-state index is 11.1. The van der Waals surface area contributed by atoms with E-state index in [1.807, 2.05) is 29.9 Å². The minimum atomic E-state index is -0.866. The highest BCUT2D eigenvalue weighted by molar-refractivity contribution is 6.03. The van der Waals surface area contributed by atoms with Gasteiger partial charge in [0.25, 0.3) is 0 Å². The van der Waals surface area contributed by atoms with Crippen LogP contribution in [-0.2, 0) is 13.5 Å². The van der Waals surface area contributed by atoms with Crippen LogP contribution in [0.25, 0.3) is 10.9 Å². The van der Waals surface area contributed by atoms with Gasteiger partial charge in [0.15, 0.2) is 0 Å². The third-order valence-electron chi connectivity index (χ3n) is 2.83. The highest BCUT2D eigenvalue weighted by atomic mass is 16.4. The molecular weight excluding hydrogens is 202 g/mol. The van der Waals surface area contributed by atoms with Crippen molar-refractivity contribution >= 4 is 16.9 Å². The van der Waals surface area contributed by atoms with Gasteiger partial charge >= 0.3 is 5.97 Å². The van der Waals surface area contributed by atoms with Crippen LogP contribution in [0.5, 0.6) is 0 Å². The van der Waals surface area contributed by atoms with Crippen LogP contribution < -0.4 is 0 Å². The summed E-state index contributed by atoms with van der Waals surface area (Å²) in [6.07, 6.45) is 4.08. The molecule has 3 nitrogen and oxygen atoms in total. The van der Waals surface area contributed by atoms with E-state index in [1.54, 1.807) is 6.07 Å². The molecule has 1 N–H and O–H groups in total. The molecule has 0 aliphatic heterocycles. The van der Waals surface area contributed by atoms with Gasteiger partial charge in [-0.2, -0.15) is 0 Å². The molecular formula is C13H15NO2. The van der Waals surface area contributed by atoms with Crippen LogP contribution in [0.3, 0.4) is 0 Å². The summed E-state index contributed by atoms with van der Waals surface area (Å²) in [6.45, 7) is 2.12. The quantitative estimate of drug-likeness (QED) is 0.859. The van der Waals surface area contributed by atoms with Crippen molar-refractivity contribution in [3.63, 3.8) is 0 Å². The number of aromatic nitrogens is 1. The van der Waals surface area contributed by atoms with Crippen molar-refractivity contribution in [2.75, 3.05) is 0 Å². The number of hydrogen-bond donors (Lipinski definition) is 1. The van der Waals surface area contributed by atoms with E-state index < -0.39 is 5.97 Å². The van der Waals surface area contributed by atoms with E-state index in [9.17, 15) is 4.79 Å². The Morgan fingerprint density at radius 1 is 1.44 bits per heavy atom. The number of carboxylic acid groups (broad SMARTS) is 1. The Labute approximate surface area is 94.3 Å². The zero-order valence-electron chi connectivity index (χ0n) is 9.53. The SMILES string of the molecule is CCCc1cn(C)c2c(C(=O)O)cccc12. The smallest absolute Gasteiger partial charge is 0.337 e. The normalized spacial score (nSPS) is 10.9. The molecule has 2 aromatic rings. The lowest BCUT2D eigenvalue weighted by Gasteiger charge is -2.01. The zero-order chi connectivity index (χ0) is 11.7. The lowest BCUT2D eigenvalue weighted by Crippen LogP contribution is -1.99. The van der Waals surface area contributed by atoms with Gasteiger partial charge in [0.2, 0.25) is 0 Å². The van der Waals surface area contributed by atoms with Crippen LogP contribution in [0.15, 0.2) is 24.4 Å². The molecule has 0 unspecified atom stereocenters. The first-order valence-electron chi connectivity index (χ1n) is 5.45. The zero-order valence-corrected chi connectivity index (χ0v) is 9.53. The van der Waals surface area contributed by atoms with Crippen LogP contribution in [0.1, 0.15) is 29.3 Å². The summed E-state index contributed by atoms with van der Waals surface area (Å²) >= 11 is 0. The van der Waals surface area contributed by atoms with Crippen molar-refractivity contribution in [1.29, 1.82) is 0 Å². The molecule has 0 radical (unpaired) electrons. The number of hydrogen-bond acceptors (Lipinski definition) is 1. The Bertz CT molecular complexity index is 540. The fourth-order valence-corrected chi connectivity index (χ4v) is 2.19. The van der Waals surface area contributed by atoms with Gasteiger partial charge in [0.05, 0.1) is 11.1 Å². The second-order valence-corrected chi connectivity index (χ2v) is 4.02. The van der Waals surface area contributed by atoms with Crippen molar-refractivity contribution in [1.82, 2.24) is 4.57 Å². The molecule has 0 atom stereocenters. The number of rotatable bonds is 3. The standard InChI is InChI=1S/C13H15NO2/c1-3-5-9-8-14(2)12-10(9)6-4-7-11(12)13(15)16/h4,6-8H,3,5H2,1-2H3,(H,15,16). The maximum Gasteiger partial charge on any atom is 0.337 e. The molecule has 1 aromatic heterocycles. The van der Waals surface area contributed by atoms with Gasteiger partial charge in [0.1, 0.15) is 0 Å². The molecule has 0 saturated heterocycles. The lowest BCUT2D eigenvalue weighted by atomic mass is 10.1. The van der Waals surface area contributed by atoms with Gasteiger partial charge in [-0.25, -0.2) is 4.79 Å². The molecule has 1 aromatic carbocycles. The van der Waals surface area contributed by atoms with Gasteiger partial charge in [-0.3, -0.25) is 0 Å². The predicted molar refractivity (Wildman–Crippen MR) is 63.9 cm³/mol. The van der Waals surface area contributed by atoms with Crippen LogP contribution in [-0.4, -0.2) is 15.6 Å². The highest BCUT2D eigenvalue weighted by Gasteiger charge is 2.13. The van der Waals surface area contributed by atoms with Crippen LogP contribution in [0.2, 0.25) is 0 Å². The fraction of sp³-hybridized carbons (Fsp3) is 0.308. The summed E-state index contributed by atoms with van der Waals surface area (Å²) in [5.74, 6) is -0.866. The monoisotopic (exact) mass is 217 g/mol. The third-order valence-corrected chi connectivity index (χ3v) is 2.83. The van der Waals surface area contributed by atoms with Crippen molar-refractivity contribution < 1.29 is 9.90 Å². The molecule has 0 aliphatic carbocycles. The maximum absolute atomic E-state index is 11.1. The number of nitrogens with zero attached hydrogens (tertiary/aromatic N) is 1. The van der Waals surface area contributed by atoms with Crippen LogP contribution in [0.4, 0.5) is 0 Å². The van der Waals surface area contributed by atoms with E-state index in [-0.39, 0.29) is 0 Å². The number of para-hydroxylation sites is 1. The van der Waals surface area contributed by atoms with Crippen molar-refractivity contribution in [2.24, 2.45) is 7.05 Å². The fourth-order valence-electron chi connectivity index (χ4n) is 2.19. The lowest BCUT2D eigenvalue weighted by molar-refractivity contribution is 0.0698. The Hall–Kier alpha value is -1.77. The minimum absolute atomic E-state index is 0.377.